The van der Waals surface area contributed by atoms with Crippen LogP contribution in [0.5, 0.6) is 46.4 Å². The maximum Gasteiger partial charge on any atom is 0.586 e. The number of nitrogens with one attached hydrogen (secondary N) is 3. The van der Waals surface area contributed by atoms with Crippen molar-refractivity contribution in [3.05, 3.63) is 65.2 Å². The first-order valence-electron chi connectivity index (χ1n) is 47.5. The molecule has 0 spiro atoms. The Hall–Kier alpha value is -9.36. The summed E-state index contributed by atoms with van der Waals surface area (Å²) >= 11 is 0. The minimum atomic E-state index is -3.84. The van der Waals surface area contributed by atoms with Gasteiger partial charge in [0.05, 0.1) is 43.3 Å². The minimum Gasteiger partial charge on any atom is -0.540 e. The number of alkyl halides is 6. The van der Waals surface area contributed by atoms with Crippen LogP contribution in [0.3, 0.4) is 0 Å². The number of rotatable bonds is 5. The number of aryl methyl sites for hydroxylation is 2. The number of benzene rings is 3. The molecule has 3 aromatic heterocycles. The number of pyridine rings is 1. The summed E-state index contributed by atoms with van der Waals surface area (Å²) in [6, 6.07) is 4.05. The van der Waals surface area contributed by atoms with Gasteiger partial charge in [0.1, 0.15) is 93.8 Å². The molecule has 41 heteroatoms. The Labute approximate surface area is 837 Å². The van der Waals surface area contributed by atoms with E-state index < -0.39 is 172 Å². The molecule has 11 heterocycles. The molecule has 753 valence electrons. The van der Waals surface area contributed by atoms with Crippen molar-refractivity contribution < 1.29 is 182 Å². The number of amides is 6. The first kappa shape index (κ1) is 107. The van der Waals surface area contributed by atoms with E-state index in [1.807, 2.05) is 67.3 Å². The van der Waals surface area contributed by atoms with Gasteiger partial charge in [-0.2, -0.15) is 0 Å². The third-order valence-electron chi connectivity index (χ3n) is 29.3. The molecule has 3 radical (unpaired) electrons. The number of hydrogen-bond donors (Lipinski definition) is 3. The number of halogens is 7. The molecule has 6 bridgehead atoms. The number of nitrogens with zero attached hydrogens (tertiary/aromatic N) is 8. The Balaban J connectivity index is 0.000000174. The van der Waals surface area contributed by atoms with E-state index in [1.165, 1.54) is 52.1 Å². The predicted molar refractivity (Wildman–Crippen MR) is 475 cm³/mol. The van der Waals surface area contributed by atoms with Gasteiger partial charge in [-0.25, -0.2) is 71.3 Å². The maximum atomic E-state index is 16.1. The van der Waals surface area contributed by atoms with Crippen molar-refractivity contribution in [3.63, 3.8) is 0 Å². The standard InChI is InChI=1S/C33H39F2N4O7.C33H41F2N4O7.C32H39F3N3O6.3V/c1-16-22(15-40)39-14-25(16)43-29-21(36-20-10-11-23-27(26(20)37-29)46-33(34,35)45-23)9-7-5-6-8-18-19-12-17(19)13-24(18)44-31(42)38-28(30(39)41)32(2,3)4;1-18-22(17-40)39-16-24(18)43-28-21(36-20-13-14-23-26(25(20)37-28)45-33(34,35)44-23)12-8-6-7-10-19-11-9-15-32(19,5)46-30(42)38-27(29(39)41)31(2,3)4;1-6-19-22(16-39)38-15-24(19)43-28-25(26(33)20-11-10-18(42-5)14-21(20)36-28)32(34,35)12-8-7-9-17-13-23(17)44-30(41)37-27(29(38)40)31(2,3)4;;;/h10-11,16-19,22,24-25,28H,5-9,12-14H2,1-4H3,(H,38,42);13-14,18-19,22,24,27H,6-12,15-16H2,1-5H3,(H,38,42);10-11,14,17,19,22-24,27H,6-9,12-13,15H2,1-5H3,(H,37,41);;;/q3*-1;;;/t16-,17?,18+,19?,22+,24+,25-,28+;18-,19+,22+,24-,27+,32+;17-,19+,22-,23-,24+,27-;;;/m001.../s1. The van der Waals surface area contributed by atoms with Gasteiger partial charge in [-0.1, -0.05) is 140 Å². The largest absolute Gasteiger partial charge is 0.586 e. The van der Waals surface area contributed by atoms with Gasteiger partial charge in [-0.15, -0.1) is 17.6 Å². The summed E-state index contributed by atoms with van der Waals surface area (Å²) in [5.41, 5.74) is -1.82. The van der Waals surface area contributed by atoms with Crippen LogP contribution < -0.4 is 53.8 Å². The Kier molecular flexibility index (Phi) is 32.2. The van der Waals surface area contributed by atoms with Crippen LogP contribution in [0.4, 0.5) is 45.1 Å². The zero-order valence-corrected chi connectivity index (χ0v) is 84.4. The van der Waals surface area contributed by atoms with E-state index in [0.29, 0.717) is 78.5 Å². The second-order valence-corrected chi connectivity index (χ2v) is 41.9. The predicted octanol–water partition coefficient (Wildman–Crippen LogP) is 16.1. The molecule has 3 aromatic carbocycles. The second kappa shape index (κ2) is 41.9. The Morgan fingerprint density at radius 3 is 1.45 bits per heavy atom. The van der Waals surface area contributed by atoms with Crippen molar-refractivity contribution in [1.29, 1.82) is 0 Å². The van der Waals surface area contributed by atoms with Gasteiger partial charge in [-0.3, -0.25) is 14.4 Å². The van der Waals surface area contributed by atoms with Crippen LogP contribution in [0.15, 0.2) is 42.5 Å². The average molecular weight is 2060 g/mol. The molecule has 2 unspecified atom stereocenters. The molecule has 139 heavy (non-hydrogen) atoms. The molecule has 4 aliphatic carbocycles. The van der Waals surface area contributed by atoms with Crippen LogP contribution in [-0.4, -0.2) is 206 Å². The Bertz CT molecular complexity index is 5480. The second-order valence-electron chi connectivity index (χ2n) is 41.9. The number of aromatic nitrogens is 5. The quantitative estimate of drug-likeness (QED) is 0.0820. The first-order valence-corrected chi connectivity index (χ1v) is 47.5. The van der Waals surface area contributed by atoms with Crippen LogP contribution in [0.1, 0.15) is 229 Å². The normalized spacial score (nSPS) is 31.0. The SMILES string of the molecule is CC[C@@H]1[C@@H]2CN(C(=O)[C@H](C(C)(C)C)NC(=O)O[C@@H]3C[C@H]3CCCCC(F)(F)c3c(nc4cc(OC)ccc4c3F)O2)[C@@H]1[C-]=O.C[C@@H]1[C@@H]2CN(C(=O)[C@H](C(C)(C)C)NC(=O)O[C@@H]3CC4CC4[C@H]3CCCCCc3nc4ccc5c(c4nc3O2)OC(F)(F)O5)[C@@H]1[C-]=O.C[C@@H]1[C@@H]2CN(C(=O)[C@H](C(C)(C)C)NC(=O)O[C@]3(C)CCC[C@H]3CCCCCc3nc4ccc5c(c4nc3O2)OC(F)(F)O5)[C@@H]1[C-]=O.[V].[V].[V]. The van der Waals surface area contributed by atoms with E-state index in [0.717, 1.165) is 83.5 Å². The van der Waals surface area contributed by atoms with E-state index in [-0.39, 0.29) is 168 Å². The average Bonchev–Trinajstić information content (AvgIpc) is 1.42. The molecule has 7 fully saturated rings. The van der Waals surface area contributed by atoms with E-state index in [2.05, 4.69) is 40.4 Å². The molecular formula is C98H119F7N11O20V3-3. The van der Waals surface area contributed by atoms with Crippen molar-refractivity contribution in [2.24, 2.45) is 63.6 Å². The number of carbonyl (C=O) groups is 6. The smallest absolute Gasteiger partial charge is 0.540 e. The van der Waals surface area contributed by atoms with Crippen molar-refractivity contribution >= 4 is 87.8 Å². The summed E-state index contributed by atoms with van der Waals surface area (Å²) in [6.07, 6.45) is 7.18. The van der Waals surface area contributed by atoms with Crippen LogP contribution in [0.25, 0.3) is 33.0 Å². The summed E-state index contributed by atoms with van der Waals surface area (Å²) in [5, 5.41) is 8.25. The topological polar surface area (TPSA) is 365 Å². The summed E-state index contributed by atoms with van der Waals surface area (Å²) in [6.45, 7) is 23.5. The Morgan fingerprint density at radius 2 is 0.942 bits per heavy atom. The van der Waals surface area contributed by atoms with Crippen LogP contribution in [-0.2, 0) is 117 Å². The molecule has 3 N–H and O–H groups in total. The van der Waals surface area contributed by atoms with E-state index in [4.69, 9.17) is 52.6 Å². The molecule has 18 rings (SSSR count). The first-order chi connectivity index (χ1) is 64.3. The fraction of sp³-hybridized carbons (Fsp3) is 0.653. The molecule has 6 amide bonds. The number of ether oxygens (including phenoxy) is 11. The van der Waals surface area contributed by atoms with Crippen LogP contribution in [0, 0.1) is 69.4 Å². The molecule has 12 aliphatic rings. The third kappa shape index (κ3) is 22.7. The molecule has 6 aromatic rings. The van der Waals surface area contributed by atoms with E-state index >= 15 is 13.2 Å². The molecule has 4 saturated carbocycles. The van der Waals surface area contributed by atoms with Gasteiger partial charge in [0.2, 0.25) is 46.9 Å². The number of methoxy groups -OCH3 is 1. The number of alkyl carbamates (subject to hydrolysis) is 3. The number of fused-ring (bicyclic) bond motifs is 21. The molecule has 31 nitrogen and oxygen atoms in total. The Morgan fingerprint density at radius 1 is 0.475 bits per heavy atom. The summed E-state index contributed by atoms with van der Waals surface area (Å²) in [4.78, 5) is 146. The van der Waals surface area contributed by atoms with Gasteiger partial charge < -0.3 is 97.1 Å². The van der Waals surface area contributed by atoms with Gasteiger partial charge in [0.25, 0.3) is 5.92 Å². The van der Waals surface area contributed by atoms with Crippen LogP contribution in [0.2, 0.25) is 0 Å². The van der Waals surface area contributed by atoms with Gasteiger partial charge >= 0.3 is 30.9 Å². The van der Waals surface area contributed by atoms with Gasteiger partial charge in [0.15, 0.2) is 11.5 Å². The molecule has 8 aliphatic heterocycles. The minimum absolute atomic E-state index is 0. The fourth-order valence-electron chi connectivity index (χ4n) is 21.4. The zero-order chi connectivity index (χ0) is 97.5. The van der Waals surface area contributed by atoms with Gasteiger partial charge in [-0.05, 0) is 197 Å². The molecule has 3 saturated heterocycles. The van der Waals surface area contributed by atoms with Crippen molar-refractivity contribution in [1.82, 2.24) is 55.6 Å². The zero-order valence-electron chi connectivity index (χ0n) is 80.2. The summed E-state index contributed by atoms with van der Waals surface area (Å²) in [7, 11) is 1.42. The van der Waals surface area contributed by atoms with Crippen LogP contribution >= 0.6 is 0 Å². The van der Waals surface area contributed by atoms with Gasteiger partial charge in [0, 0.05) is 73.5 Å². The maximum absolute atomic E-state index is 16.1. The van der Waals surface area contributed by atoms with E-state index in [9.17, 15) is 60.7 Å². The van der Waals surface area contributed by atoms with E-state index in [1.54, 1.807) is 53.7 Å². The number of carbonyl (C=O) groups excluding carboxylic acids is 9. The summed E-state index contributed by atoms with van der Waals surface area (Å²) < 4.78 is 165. The monoisotopic (exact) mass is 2060 g/mol. The molecule has 20 atom stereocenters. The molecular weight excluding hydrogens is 1940 g/mol. The fourth-order valence-corrected chi connectivity index (χ4v) is 21.4. The third-order valence-corrected chi connectivity index (χ3v) is 29.3. The van der Waals surface area contributed by atoms with Crippen molar-refractivity contribution in [2.75, 3.05) is 26.7 Å². The van der Waals surface area contributed by atoms with Crippen molar-refractivity contribution in [2.45, 2.75) is 316 Å². The summed E-state index contributed by atoms with van der Waals surface area (Å²) in [5.74, 6) is -7.08. The number of hydrogen-bond acceptors (Lipinski definition) is 25. The van der Waals surface area contributed by atoms with Crippen molar-refractivity contribution in [3.8, 4) is 46.4 Å².